The Kier molecular flexibility index (Phi) is 4.03. The van der Waals surface area contributed by atoms with Crippen LogP contribution in [0.25, 0.3) is 0 Å². The highest BCUT2D eigenvalue weighted by Crippen LogP contribution is 2.43. The Balaban J connectivity index is 1.96. The summed E-state index contributed by atoms with van der Waals surface area (Å²) in [6, 6.07) is 0. The Morgan fingerprint density at radius 2 is 1.90 bits per heavy atom. The first-order valence-electron chi connectivity index (χ1n) is 6.97. The first-order chi connectivity index (χ1) is 9.55. The maximum absolute atomic E-state index is 11.8. The Bertz CT molecular complexity index is 588. The first-order valence-corrected chi connectivity index (χ1v) is 9.34. The monoisotopic (exact) mass is 317 g/mol. The fraction of sp³-hybridized carbons (Fsp3) is 0.692. The molecule has 1 aromatic heterocycles. The number of aryl methyl sites for hydroxylation is 1. The summed E-state index contributed by atoms with van der Waals surface area (Å²) in [5.41, 5.74) is 1.07. The molecule has 3 rings (SSSR count). The van der Waals surface area contributed by atoms with Crippen molar-refractivity contribution in [3.8, 4) is 5.75 Å². The molecule has 2 N–H and O–H groups in total. The van der Waals surface area contributed by atoms with Crippen LogP contribution in [-0.4, -0.2) is 27.7 Å². The number of primary sulfonamides is 1. The van der Waals surface area contributed by atoms with Crippen molar-refractivity contribution < 1.29 is 17.9 Å². The van der Waals surface area contributed by atoms with Gasteiger partial charge < -0.3 is 9.47 Å². The number of ether oxygens (including phenoxy) is 2. The molecule has 20 heavy (non-hydrogen) atoms. The van der Waals surface area contributed by atoms with Gasteiger partial charge in [-0.25, -0.2) is 13.6 Å². The summed E-state index contributed by atoms with van der Waals surface area (Å²) < 4.78 is 35.1. The predicted molar refractivity (Wildman–Crippen MR) is 76.8 cm³/mol. The zero-order chi connectivity index (χ0) is 14.2. The molecule has 0 radical (unpaired) electrons. The standard InChI is InChI=1S/C13H19NO4S2/c14-20(15,16)13-12(18-9-5-7-17-8-6-9)10-3-1-2-4-11(10)19-13/h9H,1-8H2,(H2,14,15,16). The highest BCUT2D eigenvalue weighted by molar-refractivity contribution is 7.91. The number of hydrogen-bond donors (Lipinski definition) is 1. The van der Waals surface area contributed by atoms with E-state index in [-0.39, 0.29) is 10.3 Å². The number of fused-ring (bicyclic) bond motifs is 1. The van der Waals surface area contributed by atoms with E-state index in [1.807, 2.05) is 0 Å². The second-order valence-electron chi connectivity index (χ2n) is 5.30. The molecule has 1 saturated heterocycles. The van der Waals surface area contributed by atoms with Crippen molar-refractivity contribution >= 4 is 21.4 Å². The Morgan fingerprint density at radius 1 is 1.20 bits per heavy atom. The molecular formula is C13H19NO4S2. The van der Waals surface area contributed by atoms with E-state index >= 15 is 0 Å². The molecule has 0 unspecified atom stereocenters. The van der Waals surface area contributed by atoms with Gasteiger partial charge >= 0.3 is 0 Å². The van der Waals surface area contributed by atoms with Crippen LogP contribution in [0.1, 0.15) is 36.1 Å². The minimum absolute atomic E-state index is 0.0323. The molecule has 0 aromatic carbocycles. The van der Waals surface area contributed by atoms with E-state index in [1.54, 1.807) is 0 Å². The van der Waals surface area contributed by atoms with Crippen LogP contribution in [-0.2, 0) is 27.6 Å². The van der Waals surface area contributed by atoms with Crippen LogP contribution in [0.3, 0.4) is 0 Å². The van der Waals surface area contributed by atoms with Crippen LogP contribution in [0.15, 0.2) is 4.21 Å². The van der Waals surface area contributed by atoms with Gasteiger partial charge in [0, 0.05) is 23.3 Å². The molecule has 0 atom stereocenters. The summed E-state index contributed by atoms with van der Waals surface area (Å²) in [4.78, 5) is 1.13. The highest BCUT2D eigenvalue weighted by Gasteiger charge is 2.29. The van der Waals surface area contributed by atoms with Crippen LogP contribution in [0, 0.1) is 0 Å². The molecule has 0 saturated carbocycles. The summed E-state index contributed by atoms with van der Waals surface area (Å²) in [6.07, 6.45) is 5.64. The van der Waals surface area contributed by atoms with E-state index in [9.17, 15) is 8.42 Å². The number of hydrogen-bond acceptors (Lipinski definition) is 5. The lowest BCUT2D eigenvalue weighted by molar-refractivity contribution is 0.0243. The molecule has 2 aliphatic rings. The van der Waals surface area contributed by atoms with Gasteiger partial charge in [0.05, 0.1) is 13.2 Å². The van der Waals surface area contributed by atoms with Crippen LogP contribution in [0.4, 0.5) is 0 Å². The zero-order valence-electron chi connectivity index (χ0n) is 11.3. The van der Waals surface area contributed by atoms with Gasteiger partial charge in [0.15, 0.2) is 9.96 Å². The number of nitrogens with two attached hydrogens (primary N) is 1. The van der Waals surface area contributed by atoms with Crippen molar-refractivity contribution in [2.75, 3.05) is 13.2 Å². The third-order valence-corrected chi connectivity index (χ3v) is 6.52. The Morgan fingerprint density at radius 3 is 2.60 bits per heavy atom. The van der Waals surface area contributed by atoms with Gasteiger partial charge in [-0.05, 0) is 25.7 Å². The maximum atomic E-state index is 11.8. The molecule has 7 heteroatoms. The van der Waals surface area contributed by atoms with E-state index in [2.05, 4.69) is 0 Å². The van der Waals surface area contributed by atoms with Crippen LogP contribution in [0.2, 0.25) is 0 Å². The van der Waals surface area contributed by atoms with E-state index in [1.165, 1.54) is 11.3 Å². The normalized spacial score (nSPS) is 20.6. The second kappa shape index (κ2) is 5.63. The fourth-order valence-corrected chi connectivity index (χ4v) is 5.03. The third-order valence-electron chi connectivity index (χ3n) is 3.80. The van der Waals surface area contributed by atoms with E-state index in [4.69, 9.17) is 14.6 Å². The highest BCUT2D eigenvalue weighted by atomic mass is 32.2. The van der Waals surface area contributed by atoms with Crippen molar-refractivity contribution in [2.45, 2.75) is 48.8 Å². The minimum atomic E-state index is -3.72. The van der Waals surface area contributed by atoms with E-state index < -0.39 is 10.0 Å². The third kappa shape index (κ3) is 2.86. The van der Waals surface area contributed by atoms with E-state index in [0.29, 0.717) is 19.0 Å². The predicted octanol–water partition coefficient (Wildman–Crippen LogP) is 1.83. The van der Waals surface area contributed by atoms with Gasteiger partial charge in [0.25, 0.3) is 10.0 Å². The zero-order valence-corrected chi connectivity index (χ0v) is 12.9. The molecule has 2 heterocycles. The Hall–Kier alpha value is -0.630. The molecule has 0 bridgehead atoms. The second-order valence-corrected chi connectivity index (χ2v) is 8.16. The number of sulfonamides is 1. The van der Waals surface area contributed by atoms with Crippen molar-refractivity contribution in [1.82, 2.24) is 0 Å². The lowest BCUT2D eigenvalue weighted by Gasteiger charge is -2.24. The Labute approximate surface area is 123 Å². The average molecular weight is 317 g/mol. The van der Waals surface area contributed by atoms with Crippen molar-refractivity contribution in [3.63, 3.8) is 0 Å². The van der Waals surface area contributed by atoms with Crippen molar-refractivity contribution in [2.24, 2.45) is 5.14 Å². The summed E-state index contributed by atoms with van der Waals surface area (Å²) in [5.74, 6) is 0.527. The lowest BCUT2D eigenvalue weighted by Crippen LogP contribution is -2.27. The number of thiophene rings is 1. The topological polar surface area (TPSA) is 78.6 Å². The molecule has 5 nitrogen and oxygen atoms in total. The van der Waals surface area contributed by atoms with Crippen LogP contribution in [0.5, 0.6) is 5.75 Å². The molecule has 1 aliphatic heterocycles. The average Bonchev–Trinajstić information content (AvgIpc) is 2.79. The maximum Gasteiger partial charge on any atom is 0.251 e. The summed E-state index contributed by atoms with van der Waals surface area (Å²) >= 11 is 1.29. The van der Waals surface area contributed by atoms with Gasteiger partial charge in [0.1, 0.15) is 6.10 Å². The summed E-state index contributed by atoms with van der Waals surface area (Å²) in [6.45, 7) is 1.34. The fourth-order valence-electron chi connectivity index (χ4n) is 2.78. The van der Waals surface area contributed by atoms with Crippen molar-refractivity contribution in [3.05, 3.63) is 10.4 Å². The molecular weight excluding hydrogens is 298 g/mol. The van der Waals surface area contributed by atoms with E-state index in [0.717, 1.165) is 49.0 Å². The molecule has 1 aromatic rings. The van der Waals surface area contributed by atoms with Gasteiger partial charge in [-0.1, -0.05) is 0 Å². The molecule has 112 valence electrons. The first kappa shape index (κ1) is 14.3. The van der Waals surface area contributed by atoms with Gasteiger partial charge in [-0.3, -0.25) is 0 Å². The van der Waals surface area contributed by atoms with Crippen LogP contribution < -0.4 is 9.88 Å². The summed E-state index contributed by atoms with van der Waals surface area (Å²) in [7, 11) is -3.72. The van der Waals surface area contributed by atoms with Gasteiger partial charge in [-0.2, -0.15) is 0 Å². The van der Waals surface area contributed by atoms with Crippen molar-refractivity contribution in [1.29, 1.82) is 0 Å². The van der Waals surface area contributed by atoms with Gasteiger partial charge in [-0.15, -0.1) is 11.3 Å². The minimum Gasteiger partial charge on any atom is -0.488 e. The van der Waals surface area contributed by atoms with Gasteiger partial charge in [0.2, 0.25) is 0 Å². The largest absolute Gasteiger partial charge is 0.488 e. The smallest absolute Gasteiger partial charge is 0.251 e. The summed E-state index contributed by atoms with van der Waals surface area (Å²) in [5, 5.41) is 5.35. The quantitative estimate of drug-likeness (QED) is 0.922. The molecule has 1 fully saturated rings. The molecule has 0 spiro atoms. The number of rotatable bonds is 3. The lowest BCUT2D eigenvalue weighted by atomic mass is 9.99. The molecule has 0 amide bonds. The molecule has 1 aliphatic carbocycles. The SMILES string of the molecule is NS(=O)(=O)c1sc2c(c1OC1CCOCC1)CCCC2. The van der Waals surface area contributed by atoms with Crippen LogP contribution >= 0.6 is 11.3 Å².